The van der Waals surface area contributed by atoms with Gasteiger partial charge >= 0.3 is 0 Å². The van der Waals surface area contributed by atoms with Gasteiger partial charge in [0.1, 0.15) is 5.82 Å². The van der Waals surface area contributed by atoms with E-state index in [1.165, 1.54) is 307 Å². The van der Waals surface area contributed by atoms with Crippen LogP contribution < -0.4 is 19.6 Å². The fourth-order valence-electron chi connectivity index (χ4n) is 28.8. The van der Waals surface area contributed by atoms with Crippen molar-refractivity contribution in [3.8, 4) is 89.0 Å². The first-order valence-electron chi connectivity index (χ1n) is 50.3. The van der Waals surface area contributed by atoms with E-state index in [9.17, 15) is 0 Å². The van der Waals surface area contributed by atoms with Crippen LogP contribution in [0.3, 0.4) is 0 Å². The molecule has 0 bridgehead atoms. The number of pyridine rings is 4. The summed E-state index contributed by atoms with van der Waals surface area (Å²) in [5.41, 5.74) is 84.2. The average Bonchev–Trinajstić information content (AvgIpc) is 1.45. The molecule has 8 aliphatic heterocycles. The van der Waals surface area contributed by atoms with Crippen LogP contribution in [0.5, 0.6) is 0 Å². The maximum atomic E-state index is 4.88. The molecule has 0 atom stereocenters. The first-order valence-corrected chi connectivity index (χ1v) is 50.3. The highest BCUT2D eigenvalue weighted by Gasteiger charge is 2.44. The molecule has 8 heteroatoms. The van der Waals surface area contributed by atoms with Crippen molar-refractivity contribution < 1.29 is 0 Å². The fourth-order valence-corrected chi connectivity index (χ4v) is 28.8. The van der Waals surface area contributed by atoms with E-state index < -0.39 is 0 Å². The summed E-state index contributed by atoms with van der Waals surface area (Å²) >= 11 is 0. The number of rotatable bonds is 0. The number of benzene rings is 16. The zero-order valence-electron chi connectivity index (χ0n) is 77.2. The van der Waals surface area contributed by atoms with Crippen LogP contribution in [0.2, 0.25) is 0 Å². The first-order chi connectivity index (χ1) is 69.4. The Bertz CT molecular complexity index is 8610. The van der Waals surface area contributed by atoms with Gasteiger partial charge in [0, 0.05) is 82.4 Å². The van der Waals surface area contributed by atoms with Gasteiger partial charge in [-0.25, -0.2) is 4.98 Å². The summed E-state index contributed by atoms with van der Waals surface area (Å²) in [4.78, 5) is 28.6. The zero-order chi connectivity index (χ0) is 90.7. The van der Waals surface area contributed by atoms with Crippen molar-refractivity contribution in [3.63, 3.8) is 0 Å². The maximum Gasteiger partial charge on any atom is 0.141 e. The Morgan fingerprint density at radius 1 is 0.150 bits per heavy atom. The summed E-state index contributed by atoms with van der Waals surface area (Å²) in [5.74, 6) is 1.10. The molecule has 656 valence electrons. The molecule has 0 unspecified atom stereocenters. The first kappa shape index (κ1) is 76.5. The molecule has 0 N–H and O–H groups in total. The Morgan fingerprint density at radius 2 is 0.464 bits per heavy atom. The van der Waals surface area contributed by atoms with E-state index in [1.807, 2.05) is 31.0 Å². The Hall–Kier alpha value is -16.7. The lowest BCUT2D eigenvalue weighted by molar-refractivity contribution is 0.963. The summed E-state index contributed by atoms with van der Waals surface area (Å²) in [5, 5.41) is 0. The summed E-state index contributed by atoms with van der Waals surface area (Å²) in [6.45, 7) is 0. The molecule has 20 aromatic rings. The van der Waals surface area contributed by atoms with Gasteiger partial charge in [0.25, 0.3) is 0 Å². The van der Waals surface area contributed by atoms with Crippen LogP contribution in [-0.2, 0) is 103 Å². The zero-order valence-corrected chi connectivity index (χ0v) is 77.2. The van der Waals surface area contributed by atoms with Crippen molar-refractivity contribution >= 4 is 68.4 Å². The molecule has 36 rings (SSSR count). The van der Waals surface area contributed by atoms with E-state index >= 15 is 0 Å². The van der Waals surface area contributed by atoms with E-state index in [4.69, 9.17) is 9.97 Å². The Kier molecular flexibility index (Phi) is 15.6. The minimum Gasteiger partial charge on any atom is -0.309 e. The van der Waals surface area contributed by atoms with Gasteiger partial charge in [-0.1, -0.05) is 249 Å². The van der Waals surface area contributed by atoms with Crippen LogP contribution in [0.1, 0.15) is 178 Å². The molecule has 16 aromatic carbocycles. The van der Waals surface area contributed by atoms with Gasteiger partial charge in [0.05, 0.1) is 74.5 Å². The number of para-hydroxylation sites is 4. The Morgan fingerprint density at radius 3 is 0.964 bits per heavy atom. The monoisotopic (exact) mass is 1780 g/mol. The van der Waals surface area contributed by atoms with E-state index in [0.29, 0.717) is 0 Å². The smallest absolute Gasteiger partial charge is 0.141 e. The Balaban J connectivity index is 0.0000000829. The lowest BCUT2D eigenvalue weighted by Gasteiger charge is -2.39. The summed E-state index contributed by atoms with van der Waals surface area (Å²) in [6, 6.07) is 114. The second-order valence-electron chi connectivity index (χ2n) is 41.3. The molecule has 0 radical (unpaired) electrons. The summed E-state index contributed by atoms with van der Waals surface area (Å²) < 4.78 is 0. The van der Waals surface area contributed by atoms with Crippen LogP contribution in [0.4, 0.5) is 68.4 Å². The van der Waals surface area contributed by atoms with E-state index in [2.05, 4.69) is 339 Å². The predicted octanol–water partition coefficient (Wildman–Crippen LogP) is 30.0. The third-order valence-corrected chi connectivity index (χ3v) is 34.6. The largest absolute Gasteiger partial charge is 0.309 e. The average molecular weight is 1790 g/mol. The molecule has 140 heavy (non-hydrogen) atoms. The van der Waals surface area contributed by atoms with E-state index in [1.54, 1.807) is 22.3 Å². The molecule has 0 saturated heterocycles. The number of anilines is 12. The fraction of sp³-hybridized carbons (Fsp3) is 0.121. The molecular weight excluding hydrogens is 1700 g/mol. The van der Waals surface area contributed by atoms with Crippen LogP contribution in [0.25, 0.3) is 89.0 Å². The van der Waals surface area contributed by atoms with Gasteiger partial charge in [0.2, 0.25) is 0 Å². The molecule has 0 saturated carbocycles. The quantitative estimate of drug-likeness (QED) is 0.149. The molecule has 8 nitrogen and oxygen atoms in total. The van der Waals surface area contributed by atoms with E-state index in [-0.39, 0.29) is 0 Å². The molecule has 0 spiro atoms. The number of nitrogens with zero attached hydrogens (tertiary/aromatic N) is 8. The van der Waals surface area contributed by atoms with Crippen LogP contribution >= 0.6 is 0 Å². The van der Waals surface area contributed by atoms with Gasteiger partial charge in [0.15, 0.2) is 0 Å². The van der Waals surface area contributed by atoms with Crippen molar-refractivity contribution in [2.24, 2.45) is 0 Å². The standard InChI is InChI=1S/4C33H22N2/c1-2-9-24-19(5-1)15-20-10-11-26-25-12-13-30-28(27(25)18-29(26)31(20)24)17-22-7-3-6-21-16-23-8-4-14-34-33(23)35(30)32(21)22;1-2-8-22-19(5-1)15-26-23(22)10-11-24-25-12-13-31-29(28(25)18-27(24)26)16-20-6-3-7-21-17-30-32(9-4-14-34-30)35(31)33(20)21;1-2-7-23-19(4-1)15-27-24(23)8-9-25-26-10-11-32-30(29(26)17-28(25)27)16-21-6-3-5-20-14-22-18-34-13-12-31(22)35(32)33(20)21;1-2-7-24-19(4-1)14-21-8-9-26-25-10-11-30-28(27(25)17-29(26)32(21)24)16-23-6-3-5-22-15-20-12-13-34-18-31(20)35(30)33(22)23/h2*1-14H,15-18H2;2*1-13,18H,14-17H2. The second-order valence-corrected chi connectivity index (χ2v) is 41.3. The van der Waals surface area contributed by atoms with Crippen molar-refractivity contribution in [2.45, 2.75) is 103 Å². The molecule has 8 aliphatic carbocycles. The highest BCUT2D eigenvalue weighted by atomic mass is 15.2. The number of hydrogen-bond donors (Lipinski definition) is 0. The molecule has 16 aliphatic rings. The van der Waals surface area contributed by atoms with Gasteiger partial charge in [-0.15, -0.1) is 0 Å². The normalized spacial score (nSPS) is 14.9. The summed E-state index contributed by atoms with van der Waals surface area (Å²) in [6.07, 6.45) is 28.0. The van der Waals surface area contributed by atoms with Crippen molar-refractivity contribution in [2.75, 3.05) is 19.6 Å². The maximum absolute atomic E-state index is 4.88. The molecule has 4 aromatic heterocycles. The van der Waals surface area contributed by atoms with Gasteiger partial charge in [-0.3, -0.25) is 19.9 Å². The Labute approximate surface area is 812 Å². The minimum absolute atomic E-state index is 0.911. The van der Waals surface area contributed by atoms with Crippen molar-refractivity contribution in [1.29, 1.82) is 0 Å². The van der Waals surface area contributed by atoms with Crippen molar-refractivity contribution in [3.05, 3.63) is 519 Å². The second kappa shape index (κ2) is 28.5. The molecular formula is C132H88N8. The third kappa shape index (κ3) is 10.6. The SMILES string of the molecule is c1ccc2c(c1)Cc1c-2ccc2c1Cc1c-2ccc2c1Cc1cccc3c1N2c1cccnc1C3.c1ccc2c(c1)Cc1c-2ccc2c1Cc1c-2ccc2c1Cc1cccc3c1N2c1ccncc1C3.c1ccc2c(c1)Cc1ccc3c(c1-2)Cc1c-3ccc2c1Cc1cccc3c1N2c1cnccc1C3.c1ccc2c(c1)Cc1ccc3c(c1-2)Cc1c-3ccc2c1Cc1cccc3c1N2c1ncccc1C3. The van der Waals surface area contributed by atoms with Crippen LogP contribution in [0, 0.1) is 0 Å². The number of fused-ring (bicyclic) bond motifs is 48. The third-order valence-electron chi connectivity index (χ3n) is 34.6. The number of hydrogen-bond acceptors (Lipinski definition) is 8. The van der Waals surface area contributed by atoms with Crippen LogP contribution in [-0.4, -0.2) is 19.9 Å². The predicted molar refractivity (Wildman–Crippen MR) is 564 cm³/mol. The number of aromatic nitrogens is 4. The van der Waals surface area contributed by atoms with Gasteiger partial charge < -0.3 is 14.7 Å². The summed E-state index contributed by atoms with van der Waals surface area (Å²) in [7, 11) is 0. The van der Waals surface area contributed by atoms with Gasteiger partial charge in [-0.05, 0) is 367 Å². The van der Waals surface area contributed by atoms with E-state index in [0.717, 1.165) is 109 Å². The molecule has 12 heterocycles. The molecule has 0 amide bonds. The van der Waals surface area contributed by atoms with Gasteiger partial charge in [-0.2, -0.15) is 0 Å². The molecule has 0 fully saturated rings. The lowest BCUT2D eigenvalue weighted by atomic mass is 9.84. The topological polar surface area (TPSA) is 64.5 Å². The highest BCUT2D eigenvalue weighted by molar-refractivity contribution is 6.02. The van der Waals surface area contributed by atoms with Crippen molar-refractivity contribution in [1.82, 2.24) is 19.9 Å². The highest BCUT2D eigenvalue weighted by Crippen LogP contribution is 2.63. The minimum atomic E-state index is 0.911. The van der Waals surface area contributed by atoms with Crippen LogP contribution in [0.15, 0.2) is 340 Å². The lowest BCUT2D eigenvalue weighted by Crippen LogP contribution is -2.26.